The van der Waals surface area contributed by atoms with Gasteiger partial charge in [-0.1, -0.05) is 35.9 Å². The molecule has 0 aliphatic carbocycles. The second-order valence-corrected chi connectivity index (χ2v) is 7.12. The van der Waals surface area contributed by atoms with Gasteiger partial charge >= 0.3 is 5.97 Å². The summed E-state index contributed by atoms with van der Waals surface area (Å²) < 4.78 is 0. The Morgan fingerprint density at radius 1 is 1.17 bits per heavy atom. The van der Waals surface area contributed by atoms with E-state index in [0.29, 0.717) is 16.3 Å². The van der Waals surface area contributed by atoms with Crippen molar-refractivity contribution in [2.75, 3.05) is 0 Å². The van der Waals surface area contributed by atoms with Gasteiger partial charge < -0.3 is 5.11 Å². The van der Waals surface area contributed by atoms with Gasteiger partial charge in [-0.05, 0) is 24.3 Å². The van der Waals surface area contributed by atoms with Gasteiger partial charge in [0.25, 0.3) is 0 Å². The zero-order valence-electron chi connectivity index (χ0n) is 11.9. The van der Waals surface area contributed by atoms with E-state index in [1.165, 1.54) is 11.8 Å². The van der Waals surface area contributed by atoms with Crippen molar-refractivity contribution in [3.63, 3.8) is 0 Å². The van der Waals surface area contributed by atoms with Crippen LogP contribution in [0.25, 0.3) is 11.3 Å². The number of halogens is 1. The van der Waals surface area contributed by atoms with E-state index in [2.05, 4.69) is 4.98 Å². The molecule has 0 radical (unpaired) electrons. The first-order chi connectivity index (χ1) is 11.1. The van der Waals surface area contributed by atoms with Gasteiger partial charge in [-0.2, -0.15) is 0 Å². The number of nitrogens with zero attached hydrogens (tertiary/aromatic N) is 1. The Morgan fingerprint density at radius 2 is 1.91 bits per heavy atom. The van der Waals surface area contributed by atoms with E-state index < -0.39 is 5.97 Å². The highest BCUT2D eigenvalue weighted by Crippen LogP contribution is 2.30. The standard InChI is InChI=1S/C17H12ClNO2S2/c18-12-7-5-11(6-8-12)14-9-23-16(19-14)10-22-15-4-2-1-3-13(15)17(20)21/h1-9H,10H2,(H,20,21). The molecule has 0 saturated heterocycles. The second-order valence-electron chi connectivity index (χ2n) is 4.72. The van der Waals surface area contributed by atoms with Crippen LogP contribution in [0.4, 0.5) is 0 Å². The average Bonchev–Trinajstić information content (AvgIpc) is 3.03. The summed E-state index contributed by atoms with van der Waals surface area (Å²) in [5.74, 6) is -0.267. The predicted molar refractivity (Wildman–Crippen MR) is 95.5 cm³/mol. The number of hydrogen-bond acceptors (Lipinski definition) is 4. The Labute approximate surface area is 147 Å². The fourth-order valence-corrected chi connectivity index (χ4v) is 4.03. The minimum Gasteiger partial charge on any atom is -0.478 e. The third-order valence-electron chi connectivity index (χ3n) is 3.16. The molecule has 1 N–H and O–H groups in total. The second kappa shape index (κ2) is 7.17. The number of thioether (sulfide) groups is 1. The minimum atomic E-state index is -0.908. The molecule has 0 unspecified atom stereocenters. The lowest BCUT2D eigenvalue weighted by Crippen LogP contribution is -1.98. The third kappa shape index (κ3) is 3.93. The number of aromatic nitrogens is 1. The van der Waals surface area contributed by atoms with Gasteiger partial charge in [0.15, 0.2) is 0 Å². The molecule has 2 aromatic carbocycles. The fourth-order valence-electron chi connectivity index (χ4n) is 2.04. The predicted octanol–water partition coefficient (Wildman–Crippen LogP) is 5.45. The topological polar surface area (TPSA) is 50.2 Å². The zero-order chi connectivity index (χ0) is 16.2. The van der Waals surface area contributed by atoms with Crippen LogP contribution in [-0.4, -0.2) is 16.1 Å². The normalized spacial score (nSPS) is 10.7. The van der Waals surface area contributed by atoms with E-state index in [4.69, 9.17) is 11.6 Å². The van der Waals surface area contributed by atoms with E-state index in [9.17, 15) is 9.90 Å². The Balaban J connectivity index is 1.73. The molecule has 0 atom stereocenters. The molecule has 3 rings (SSSR count). The Hall–Kier alpha value is -1.82. The van der Waals surface area contributed by atoms with Gasteiger partial charge in [-0.3, -0.25) is 0 Å². The monoisotopic (exact) mass is 361 g/mol. The summed E-state index contributed by atoms with van der Waals surface area (Å²) in [7, 11) is 0. The van der Waals surface area contributed by atoms with Crippen LogP contribution < -0.4 is 0 Å². The molecule has 0 saturated carbocycles. The van der Waals surface area contributed by atoms with Crippen molar-refractivity contribution >= 4 is 40.7 Å². The smallest absolute Gasteiger partial charge is 0.336 e. The number of rotatable bonds is 5. The number of benzene rings is 2. The van der Waals surface area contributed by atoms with E-state index in [-0.39, 0.29) is 0 Å². The van der Waals surface area contributed by atoms with Gasteiger partial charge in [-0.15, -0.1) is 23.1 Å². The molecule has 3 nitrogen and oxygen atoms in total. The summed E-state index contributed by atoms with van der Waals surface area (Å²) in [6.45, 7) is 0. The number of thiazole rings is 1. The van der Waals surface area contributed by atoms with Crippen molar-refractivity contribution in [1.82, 2.24) is 4.98 Å². The average molecular weight is 362 g/mol. The Bertz CT molecular complexity index is 831. The summed E-state index contributed by atoms with van der Waals surface area (Å²) in [6, 6.07) is 14.6. The van der Waals surface area contributed by atoms with Gasteiger partial charge in [0.05, 0.1) is 17.0 Å². The van der Waals surface area contributed by atoms with Crippen molar-refractivity contribution in [3.05, 3.63) is 69.5 Å². The van der Waals surface area contributed by atoms with Crippen LogP contribution in [0.2, 0.25) is 5.02 Å². The quantitative estimate of drug-likeness (QED) is 0.613. The first-order valence-electron chi connectivity index (χ1n) is 6.79. The fraction of sp³-hybridized carbons (Fsp3) is 0.0588. The molecule has 0 aliphatic heterocycles. The van der Waals surface area contributed by atoms with Crippen LogP contribution >= 0.6 is 34.7 Å². The van der Waals surface area contributed by atoms with Crippen molar-refractivity contribution in [1.29, 1.82) is 0 Å². The van der Waals surface area contributed by atoms with E-state index >= 15 is 0 Å². The molecule has 0 fully saturated rings. The van der Waals surface area contributed by atoms with Crippen molar-refractivity contribution < 1.29 is 9.90 Å². The lowest BCUT2D eigenvalue weighted by atomic mass is 10.2. The van der Waals surface area contributed by atoms with Gasteiger partial charge in [0, 0.05) is 20.9 Å². The van der Waals surface area contributed by atoms with Crippen LogP contribution in [0.5, 0.6) is 0 Å². The minimum absolute atomic E-state index is 0.326. The Kier molecular flexibility index (Phi) is 5.00. The van der Waals surface area contributed by atoms with Crippen LogP contribution in [0.15, 0.2) is 58.8 Å². The molecule has 116 valence electrons. The molecule has 1 aromatic heterocycles. The SMILES string of the molecule is O=C(O)c1ccccc1SCc1nc(-c2ccc(Cl)cc2)cs1. The third-order valence-corrected chi connectivity index (χ3v) is 5.53. The molecule has 0 bridgehead atoms. The highest BCUT2D eigenvalue weighted by molar-refractivity contribution is 7.98. The number of carboxylic acid groups (broad SMARTS) is 1. The van der Waals surface area contributed by atoms with E-state index in [1.54, 1.807) is 23.5 Å². The molecular formula is C17H12ClNO2S2. The summed E-state index contributed by atoms with van der Waals surface area (Å²) in [5, 5.41) is 12.9. The number of carbonyl (C=O) groups is 1. The van der Waals surface area contributed by atoms with E-state index in [1.807, 2.05) is 41.8 Å². The zero-order valence-corrected chi connectivity index (χ0v) is 14.3. The highest BCUT2D eigenvalue weighted by atomic mass is 35.5. The Morgan fingerprint density at radius 3 is 2.65 bits per heavy atom. The molecule has 6 heteroatoms. The first kappa shape index (κ1) is 16.1. The molecule has 1 heterocycles. The van der Waals surface area contributed by atoms with Crippen LogP contribution in [-0.2, 0) is 5.75 Å². The van der Waals surface area contributed by atoms with Crippen molar-refractivity contribution in [2.24, 2.45) is 0 Å². The van der Waals surface area contributed by atoms with E-state index in [0.717, 1.165) is 21.2 Å². The molecule has 23 heavy (non-hydrogen) atoms. The summed E-state index contributed by atoms with van der Waals surface area (Å²) in [4.78, 5) is 16.6. The highest BCUT2D eigenvalue weighted by Gasteiger charge is 2.11. The summed E-state index contributed by atoms with van der Waals surface area (Å²) in [6.07, 6.45) is 0. The molecule has 0 amide bonds. The van der Waals surface area contributed by atoms with Crippen LogP contribution in [0.1, 0.15) is 15.4 Å². The van der Waals surface area contributed by atoms with Gasteiger partial charge in [0.2, 0.25) is 0 Å². The van der Waals surface area contributed by atoms with Crippen molar-refractivity contribution in [3.8, 4) is 11.3 Å². The summed E-state index contributed by atoms with van der Waals surface area (Å²) >= 11 is 8.95. The lowest BCUT2D eigenvalue weighted by molar-refractivity contribution is 0.0693. The maximum atomic E-state index is 11.2. The maximum Gasteiger partial charge on any atom is 0.336 e. The van der Waals surface area contributed by atoms with Crippen LogP contribution in [0.3, 0.4) is 0 Å². The largest absolute Gasteiger partial charge is 0.478 e. The molecule has 3 aromatic rings. The first-order valence-corrected chi connectivity index (χ1v) is 9.03. The lowest BCUT2D eigenvalue weighted by Gasteiger charge is -2.03. The van der Waals surface area contributed by atoms with Gasteiger partial charge in [-0.25, -0.2) is 9.78 Å². The van der Waals surface area contributed by atoms with Crippen molar-refractivity contribution in [2.45, 2.75) is 10.6 Å². The molecule has 0 aliphatic rings. The van der Waals surface area contributed by atoms with Crippen LogP contribution in [0, 0.1) is 0 Å². The molecular weight excluding hydrogens is 350 g/mol. The molecule has 0 spiro atoms. The maximum absolute atomic E-state index is 11.2. The summed E-state index contributed by atoms with van der Waals surface area (Å²) in [5.41, 5.74) is 2.26. The number of aromatic carboxylic acids is 1. The number of carboxylic acids is 1. The number of hydrogen-bond donors (Lipinski definition) is 1. The van der Waals surface area contributed by atoms with Gasteiger partial charge in [0.1, 0.15) is 5.01 Å².